The molecule has 1 saturated heterocycles. The number of methoxy groups -OCH3 is 1. The van der Waals surface area contributed by atoms with Gasteiger partial charge in [-0.2, -0.15) is 0 Å². The Bertz CT molecular complexity index is 1840. The number of hydrogen-bond acceptors (Lipinski definition) is 10. The van der Waals surface area contributed by atoms with Crippen molar-refractivity contribution in [2.45, 2.75) is 136 Å². The summed E-state index contributed by atoms with van der Waals surface area (Å²) in [5, 5.41) is 5.24. The van der Waals surface area contributed by atoms with E-state index in [4.69, 9.17) is 18.6 Å². The molecule has 0 radical (unpaired) electrons. The summed E-state index contributed by atoms with van der Waals surface area (Å²) < 4.78 is 23.0. The predicted molar refractivity (Wildman–Crippen MR) is 221 cm³/mol. The lowest BCUT2D eigenvalue weighted by Gasteiger charge is -2.42. The highest BCUT2D eigenvalue weighted by Gasteiger charge is 2.47. The Morgan fingerprint density at radius 1 is 0.964 bits per heavy atom. The van der Waals surface area contributed by atoms with E-state index in [1.54, 1.807) is 27.0 Å². The number of ether oxygens (including phenoxy) is 3. The molecule has 2 heterocycles. The zero-order valence-corrected chi connectivity index (χ0v) is 36.1. The fourth-order valence-corrected chi connectivity index (χ4v) is 13.2. The third kappa shape index (κ3) is 11.3. The molecule has 306 valence electrons. The van der Waals surface area contributed by atoms with Crippen LogP contribution in [0.4, 0.5) is 4.79 Å². The van der Waals surface area contributed by atoms with Crippen LogP contribution >= 0.6 is 0 Å². The number of rotatable bonds is 15. The molecule has 13 heteroatoms. The van der Waals surface area contributed by atoms with Crippen LogP contribution in [-0.4, -0.2) is 80.2 Å². The van der Waals surface area contributed by atoms with Crippen LogP contribution in [0.5, 0.6) is 5.75 Å². The molecule has 3 aromatic rings. The van der Waals surface area contributed by atoms with Crippen LogP contribution < -0.4 is 15.2 Å². The van der Waals surface area contributed by atoms with Gasteiger partial charge in [0.25, 0.3) is 14.2 Å². The number of nitrogens with one attached hydrogen (secondary N) is 2. The van der Waals surface area contributed by atoms with Crippen molar-refractivity contribution in [2.75, 3.05) is 20.3 Å². The van der Waals surface area contributed by atoms with Crippen molar-refractivity contribution in [1.29, 1.82) is 0 Å². The minimum absolute atomic E-state index is 0.124. The predicted octanol–water partition coefficient (Wildman–Crippen LogP) is 8.06. The number of esters is 2. The molecule has 1 fully saturated rings. The molecule has 1 aliphatic heterocycles. The Kier molecular flexibility index (Phi) is 15.1. The van der Waals surface area contributed by atoms with Gasteiger partial charge in [-0.1, -0.05) is 53.7 Å². The number of alkyl carbamates (subject to hydrolysis) is 1. The van der Waals surface area contributed by atoms with Crippen molar-refractivity contribution in [2.24, 2.45) is 0 Å². The van der Waals surface area contributed by atoms with Crippen molar-refractivity contribution in [3.8, 4) is 16.9 Å². The quantitative estimate of drug-likeness (QED) is 0.0671. The van der Waals surface area contributed by atoms with Crippen LogP contribution in [-0.2, 0) is 41.4 Å². The summed E-state index contributed by atoms with van der Waals surface area (Å²) in [5.41, 5.74) is 7.71. The summed E-state index contributed by atoms with van der Waals surface area (Å²) in [6, 6.07) is 12.5. The van der Waals surface area contributed by atoms with E-state index in [0.29, 0.717) is 61.2 Å². The fourth-order valence-electron chi connectivity index (χ4n) is 7.97. The Hall–Kier alpha value is -4.49. The molecular formula is C43H62N4O8Si. The number of hydrogen-bond donors (Lipinski definition) is 2. The van der Waals surface area contributed by atoms with E-state index in [2.05, 4.69) is 69.4 Å². The summed E-state index contributed by atoms with van der Waals surface area (Å²) in [6.45, 7) is 20.8. The maximum atomic E-state index is 14.3. The number of hydrazine groups is 1. The SMILES string of the molecule is COC(=O)[C@@H]1CCCN(C(=O)[C@H](Cc2cc(O[Si](C(C)C)(C(C)C)C(C)C)cc(-c3ccc4nccc(CCCOC(C)=O)c4c3)c2)NC(=O)OC(C)(C)C)N1. The van der Waals surface area contributed by atoms with Crippen molar-refractivity contribution >= 4 is 43.2 Å². The van der Waals surface area contributed by atoms with Crippen molar-refractivity contribution < 1.29 is 37.8 Å². The van der Waals surface area contributed by atoms with Gasteiger partial charge in [0, 0.05) is 31.5 Å². The maximum Gasteiger partial charge on any atom is 0.408 e. The molecule has 2 N–H and O–H groups in total. The monoisotopic (exact) mass is 790 g/mol. The van der Waals surface area contributed by atoms with Gasteiger partial charge in [-0.15, -0.1) is 0 Å². The van der Waals surface area contributed by atoms with Crippen molar-refractivity contribution in [1.82, 2.24) is 20.7 Å². The third-order valence-electron chi connectivity index (χ3n) is 10.4. The third-order valence-corrected chi connectivity index (χ3v) is 16.4. The highest BCUT2D eigenvalue weighted by molar-refractivity contribution is 6.78. The second-order valence-electron chi connectivity index (χ2n) is 16.7. The normalized spacial score (nSPS) is 15.5. The van der Waals surface area contributed by atoms with Gasteiger partial charge in [-0.25, -0.2) is 10.2 Å². The van der Waals surface area contributed by atoms with Gasteiger partial charge in [-0.05, 0) is 116 Å². The zero-order chi connectivity index (χ0) is 41.4. The van der Waals surface area contributed by atoms with E-state index in [1.165, 1.54) is 19.0 Å². The lowest BCUT2D eigenvalue weighted by atomic mass is 9.96. The number of benzene rings is 2. The molecule has 2 amide bonds. The molecule has 1 aliphatic rings. The first-order valence-corrected chi connectivity index (χ1v) is 22.0. The van der Waals surface area contributed by atoms with Crippen LogP contribution in [0.3, 0.4) is 0 Å². The van der Waals surface area contributed by atoms with Crippen molar-refractivity contribution in [3.05, 3.63) is 59.8 Å². The highest BCUT2D eigenvalue weighted by atomic mass is 28.4. The van der Waals surface area contributed by atoms with E-state index in [-0.39, 0.29) is 12.4 Å². The largest absolute Gasteiger partial charge is 0.543 e. The summed E-state index contributed by atoms with van der Waals surface area (Å²) in [6.07, 6.45) is 3.68. The van der Waals surface area contributed by atoms with E-state index in [9.17, 15) is 19.2 Å². The lowest BCUT2D eigenvalue weighted by molar-refractivity contribution is -0.150. The highest BCUT2D eigenvalue weighted by Crippen LogP contribution is 2.43. The molecule has 2 atom stereocenters. The zero-order valence-electron chi connectivity index (χ0n) is 35.1. The molecule has 0 spiro atoms. The first kappa shape index (κ1) is 44.2. The van der Waals surface area contributed by atoms with Gasteiger partial charge in [0.15, 0.2) is 0 Å². The Balaban J connectivity index is 1.83. The van der Waals surface area contributed by atoms with Gasteiger partial charge in [-0.3, -0.25) is 24.4 Å². The molecule has 0 aliphatic carbocycles. The molecule has 1 aromatic heterocycles. The number of nitrogens with zero attached hydrogens (tertiary/aromatic N) is 2. The summed E-state index contributed by atoms with van der Waals surface area (Å²) >= 11 is 0. The number of fused-ring (bicyclic) bond motifs is 1. The summed E-state index contributed by atoms with van der Waals surface area (Å²) in [7, 11) is -1.11. The number of carbonyl (C=O) groups is 4. The average molecular weight is 791 g/mol. The van der Waals surface area contributed by atoms with Crippen LogP contribution in [0, 0.1) is 0 Å². The van der Waals surface area contributed by atoms with E-state index in [1.807, 2.05) is 30.3 Å². The number of aryl methyl sites for hydroxylation is 1. The first-order valence-electron chi connectivity index (χ1n) is 19.8. The van der Waals surface area contributed by atoms with Crippen LogP contribution in [0.1, 0.15) is 99.6 Å². The number of aromatic nitrogens is 1. The van der Waals surface area contributed by atoms with Gasteiger partial charge in [0.05, 0.1) is 19.2 Å². The number of amides is 2. The van der Waals surface area contributed by atoms with E-state index >= 15 is 0 Å². The molecule has 0 bridgehead atoms. The van der Waals surface area contributed by atoms with E-state index < -0.39 is 44.0 Å². The standard InChI is InChI=1S/C43H62N4O8Si/c1-27(2)56(28(3)4,29(5)6)55-35-23-31(22-34(25-35)33-16-17-37-36(26-33)32(18-19-44-37)14-13-21-53-30(7)48)24-39(45-42(51)54-43(8,9)10)40(49)47-20-12-15-38(46-47)41(50)52-11/h16-19,22-23,25-29,38-39,46H,12-15,20-21,24H2,1-11H3,(H,45,51)/t38-,39-/m0/s1. The molecule has 12 nitrogen and oxygen atoms in total. The summed E-state index contributed by atoms with van der Waals surface area (Å²) in [5.74, 6) is -0.451. The minimum Gasteiger partial charge on any atom is -0.543 e. The molecule has 0 unspecified atom stereocenters. The van der Waals surface area contributed by atoms with Crippen LogP contribution in [0.25, 0.3) is 22.0 Å². The minimum atomic E-state index is -2.42. The topological polar surface area (TPSA) is 145 Å². The molecule has 2 aromatic carbocycles. The second-order valence-corrected chi connectivity index (χ2v) is 22.0. The molecule has 56 heavy (non-hydrogen) atoms. The molecule has 0 saturated carbocycles. The van der Waals surface area contributed by atoms with Gasteiger partial charge < -0.3 is 24.0 Å². The Morgan fingerprint density at radius 2 is 1.66 bits per heavy atom. The average Bonchev–Trinajstić information content (AvgIpc) is 3.13. The van der Waals surface area contributed by atoms with Gasteiger partial charge in [0.2, 0.25) is 0 Å². The van der Waals surface area contributed by atoms with Crippen LogP contribution in [0.15, 0.2) is 48.7 Å². The molecular weight excluding hydrogens is 729 g/mol. The maximum absolute atomic E-state index is 14.3. The van der Waals surface area contributed by atoms with Gasteiger partial charge >= 0.3 is 18.0 Å². The molecule has 4 rings (SSSR count). The van der Waals surface area contributed by atoms with Crippen molar-refractivity contribution in [3.63, 3.8) is 0 Å². The second kappa shape index (κ2) is 19.1. The first-order chi connectivity index (χ1) is 26.3. The Labute approximate surface area is 333 Å². The Morgan fingerprint density at radius 3 is 2.29 bits per heavy atom. The smallest absolute Gasteiger partial charge is 0.408 e. The lowest BCUT2D eigenvalue weighted by Crippen LogP contribution is -2.60. The summed E-state index contributed by atoms with van der Waals surface area (Å²) in [4.78, 5) is 56.0. The fraction of sp³-hybridized carbons (Fsp3) is 0.558. The number of pyridine rings is 1. The van der Waals surface area contributed by atoms with E-state index in [0.717, 1.165) is 33.2 Å². The van der Waals surface area contributed by atoms with Crippen LogP contribution in [0.2, 0.25) is 16.6 Å². The number of carbonyl (C=O) groups excluding carboxylic acids is 4. The van der Waals surface area contributed by atoms with Gasteiger partial charge in [0.1, 0.15) is 23.4 Å².